The van der Waals surface area contributed by atoms with Crippen molar-refractivity contribution in [2.24, 2.45) is 10.7 Å². The number of likely N-dealkylation sites (N-methyl/N-ethyl adjacent to an activating group) is 1. The Morgan fingerprint density at radius 3 is 2.64 bits per heavy atom. The van der Waals surface area contributed by atoms with Gasteiger partial charge in [-0.3, -0.25) is 9.79 Å². The lowest BCUT2D eigenvalue weighted by Gasteiger charge is -2.21. The second-order valence-electron chi connectivity index (χ2n) is 5.25. The molecule has 0 unspecified atom stereocenters. The quantitative estimate of drug-likeness (QED) is 0.579. The zero-order valence-corrected chi connectivity index (χ0v) is 14.9. The van der Waals surface area contributed by atoms with Crippen molar-refractivity contribution >= 4 is 23.5 Å². The molecule has 0 aliphatic heterocycles. The summed E-state index contributed by atoms with van der Waals surface area (Å²) in [6, 6.07) is 10.5. The van der Waals surface area contributed by atoms with Gasteiger partial charge < -0.3 is 25.1 Å². The zero-order valence-electron chi connectivity index (χ0n) is 14.2. The number of carbonyl (C=O) groups is 1. The van der Waals surface area contributed by atoms with Crippen LogP contribution in [-0.2, 0) is 6.54 Å². The van der Waals surface area contributed by atoms with Crippen molar-refractivity contribution < 1.29 is 13.9 Å². The molecule has 0 radical (unpaired) electrons. The highest BCUT2D eigenvalue weighted by Gasteiger charge is 2.10. The number of rotatable bonds is 7. The number of amides is 1. The molecule has 0 aliphatic rings. The molecule has 1 aromatic carbocycles. The van der Waals surface area contributed by atoms with Crippen LogP contribution in [-0.4, -0.2) is 44.0 Å². The molecule has 1 amide bonds. The molecule has 0 saturated carbocycles. The number of carbonyl (C=O) groups excluding carboxylic acids is 1. The van der Waals surface area contributed by atoms with Gasteiger partial charge in [0.2, 0.25) is 0 Å². The summed E-state index contributed by atoms with van der Waals surface area (Å²) in [6.07, 6.45) is 0. The molecule has 1 aromatic heterocycles. The van der Waals surface area contributed by atoms with Crippen LogP contribution in [0.3, 0.4) is 0 Å². The van der Waals surface area contributed by atoms with Crippen molar-refractivity contribution in [2.45, 2.75) is 6.54 Å². The Labute approximate surface area is 151 Å². The fourth-order valence-corrected chi connectivity index (χ4v) is 2.22. The van der Waals surface area contributed by atoms with E-state index in [0.29, 0.717) is 36.4 Å². The number of nitrogens with two attached hydrogens (primary N) is 1. The molecule has 7 nitrogen and oxygen atoms in total. The molecule has 25 heavy (non-hydrogen) atoms. The van der Waals surface area contributed by atoms with Crippen molar-refractivity contribution in [3.63, 3.8) is 0 Å². The number of hydrogen-bond acceptors (Lipinski definition) is 4. The Balaban J connectivity index is 1.78. The van der Waals surface area contributed by atoms with Crippen molar-refractivity contribution in [1.82, 2.24) is 10.2 Å². The van der Waals surface area contributed by atoms with E-state index in [2.05, 4.69) is 10.3 Å². The van der Waals surface area contributed by atoms with Crippen molar-refractivity contribution in [1.29, 1.82) is 0 Å². The third kappa shape index (κ3) is 5.72. The molecule has 134 valence electrons. The summed E-state index contributed by atoms with van der Waals surface area (Å²) < 4.78 is 11.0. The standard InChI is InChI=1S/C17H21ClN4O3/c1-20-17(21-11-14-7-8-15(25-14)16(19)23)22(2)9-10-24-13-5-3-12(18)4-6-13/h3-8H,9-11H2,1-2H3,(H2,19,23)(H,20,21). The van der Waals surface area contributed by atoms with Gasteiger partial charge in [0.25, 0.3) is 5.91 Å². The third-order valence-electron chi connectivity index (χ3n) is 3.41. The summed E-state index contributed by atoms with van der Waals surface area (Å²) in [5.74, 6) is 1.58. The Morgan fingerprint density at radius 2 is 2.04 bits per heavy atom. The minimum atomic E-state index is -0.591. The highest BCUT2D eigenvalue weighted by molar-refractivity contribution is 6.30. The number of hydrogen-bond donors (Lipinski definition) is 2. The molecular weight excluding hydrogens is 344 g/mol. The number of benzene rings is 1. The van der Waals surface area contributed by atoms with Gasteiger partial charge in [0.1, 0.15) is 18.1 Å². The van der Waals surface area contributed by atoms with Gasteiger partial charge in [-0.05, 0) is 36.4 Å². The summed E-state index contributed by atoms with van der Waals surface area (Å²) in [4.78, 5) is 17.2. The maximum Gasteiger partial charge on any atom is 0.284 e. The molecule has 0 atom stereocenters. The number of nitrogens with one attached hydrogen (secondary N) is 1. The minimum Gasteiger partial charge on any atom is -0.492 e. The Kier molecular flexibility index (Phi) is 6.71. The predicted octanol–water partition coefficient (Wildman–Crippen LogP) is 2.12. The average Bonchev–Trinajstić information content (AvgIpc) is 3.06. The van der Waals surface area contributed by atoms with Crippen LogP contribution in [0.25, 0.3) is 0 Å². The molecule has 2 rings (SSSR count). The Bertz CT molecular complexity index is 728. The minimum absolute atomic E-state index is 0.136. The highest BCUT2D eigenvalue weighted by atomic mass is 35.5. The van der Waals surface area contributed by atoms with E-state index in [1.165, 1.54) is 0 Å². The number of halogens is 1. The van der Waals surface area contributed by atoms with Crippen molar-refractivity contribution in [3.8, 4) is 5.75 Å². The molecule has 0 bridgehead atoms. The van der Waals surface area contributed by atoms with Gasteiger partial charge >= 0.3 is 0 Å². The summed E-state index contributed by atoms with van der Waals surface area (Å²) >= 11 is 5.84. The van der Waals surface area contributed by atoms with Crippen LogP contribution in [0.4, 0.5) is 0 Å². The second-order valence-corrected chi connectivity index (χ2v) is 5.69. The molecule has 0 fully saturated rings. The molecule has 8 heteroatoms. The predicted molar refractivity (Wildman–Crippen MR) is 97.0 cm³/mol. The van der Waals surface area contributed by atoms with Crippen molar-refractivity contribution in [3.05, 3.63) is 52.9 Å². The van der Waals surface area contributed by atoms with Crippen LogP contribution in [0.2, 0.25) is 5.02 Å². The first-order valence-electron chi connectivity index (χ1n) is 7.68. The first-order valence-corrected chi connectivity index (χ1v) is 8.06. The van der Waals surface area contributed by atoms with E-state index < -0.39 is 5.91 Å². The first kappa shape index (κ1) is 18.7. The molecule has 3 N–H and O–H groups in total. The van der Waals surface area contributed by atoms with E-state index >= 15 is 0 Å². The average molecular weight is 365 g/mol. The maximum atomic E-state index is 11.0. The largest absolute Gasteiger partial charge is 0.492 e. The number of primary amides is 1. The van der Waals surface area contributed by atoms with Crippen molar-refractivity contribution in [2.75, 3.05) is 27.2 Å². The molecule has 2 aromatic rings. The smallest absolute Gasteiger partial charge is 0.284 e. The van der Waals surface area contributed by atoms with E-state index in [4.69, 9.17) is 26.5 Å². The highest BCUT2D eigenvalue weighted by Crippen LogP contribution is 2.15. The Hall–Kier alpha value is -2.67. The topological polar surface area (TPSA) is 93.1 Å². The molecule has 0 saturated heterocycles. The van der Waals surface area contributed by atoms with Gasteiger partial charge in [0.05, 0.1) is 13.1 Å². The van der Waals surface area contributed by atoms with Gasteiger partial charge in [-0.15, -0.1) is 0 Å². The van der Waals surface area contributed by atoms with Crippen LogP contribution >= 0.6 is 11.6 Å². The van der Waals surface area contributed by atoms with Crippen LogP contribution in [0, 0.1) is 0 Å². The number of furan rings is 1. The number of guanidine groups is 1. The third-order valence-corrected chi connectivity index (χ3v) is 3.66. The molecule has 0 aliphatic carbocycles. The van der Waals surface area contributed by atoms with E-state index in [0.717, 1.165) is 5.75 Å². The van der Waals surface area contributed by atoms with Gasteiger partial charge in [0, 0.05) is 19.1 Å². The van der Waals surface area contributed by atoms with Gasteiger partial charge in [-0.1, -0.05) is 11.6 Å². The van der Waals surface area contributed by atoms with E-state index in [1.807, 2.05) is 24.1 Å². The van der Waals surface area contributed by atoms with Gasteiger partial charge in [-0.2, -0.15) is 0 Å². The lowest BCUT2D eigenvalue weighted by Crippen LogP contribution is -2.40. The number of ether oxygens (including phenoxy) is 1. The van der Waals surface area contributed by atoms with Crippen LogP contribution < -0.4 is 15.8 Å². The lowest BCUT2D eigenvalue weighted by atomic mass is 10.3. The number of aliphatic imine (C=N–C) groups is 1. The summed E-state index contributed by atoms with van der Waals surface area (Å²) in [5, 5.41) is 3.82. The van der Waals surface area contributed by atoms with Crippen LogP contribution in [0.5, 0.6) is 5.75 Å². The summed E-state index contributed by atoms with van der Waals surface area (Å²) in [7, 11) is 3.59. The second kappa shape index (κ2) is 8.98. The maximum absolute atomic E-state index is 11.0. The molecule has 1 heterocycles. The first-order chi connectivity index (χ1) is 12.0. The van der Waals surface area contributed by atoms with E-state index in [1.54, 1.807) is 31.3 Å². The zero-order chi connectivity index (χ0) is 18.2. The fraction of sp³-hybridized carbons (Fsp3) is 0.294. The normalized spacial score (nSPS) is 11.2. The molecule has 0 spiro atoms. The number of nitrogens with zero attached hydrogens (tertiary/aromatic N) is 2. The summed E-state index contributed by atoms with van der Waals surface area (Å²) in [6.45, 7) is 1.51. The fourth-order valence-electron chi connectivity index (χ4n) is 2.09. The summed E-state index contributed by atoms with van der Waals surface area (Å²) in [5.41, 5.74) is 5.16. The van der Waals surface area contributed by atoms with Crippen LogP contribution in [0.1, 0.15) is 16.3 Å². The lowest BCUT2D eigenvalue weighted by molar-refractivity contribution is 0.0972. The van der Waals surface area contributed by atoms with Gasteiger partial charge in [-0.25, -0.2) is 0 Å². The van der Waals surface area contributed by atoms with Crippen LogP contribution in [0.15, 0.2) is 45.8 Å². The van der Waals surface area contributed by atoms with Gasteiger partial charge in [0.15, 0.2) is 11.7 Å². The SMILES string of the molecule is CN=C(NCc1ccc(C(N)=O)o1)N(C)CCOc1ccc(Cl)cc1. The molecular formula is C17H21ClN4O3. The van der Waals surface area contributed by atoms with E-state index in [-0.39, 0.29) is 5.76 Å². The Morgan fingerprint density at radius 1 is 1.32 bits per heavy atom. The van der Waals surface area contributed by atoms with E-state index in [9.17, 15) is 4.79 Å². The monoisotopic (exact) mass is 364 g/mol.